The second kappa shape index (κ2) is 4.96. The lowest BCUT2D eigenvalue weighted by atomic mass is 10.2. The third-order valence-electron chi connectivity index (χ3n) is 3.20. The summed E-state index contributed by atoms with van der Waals surface area (Å²) in [4.78, 5) is 0.297. The zero-order chi connectivity index (χ0) is 12.5. The minimum atomic E-state index is -3.37. The van der Waals surface area contributed by atoms with Gasteiger partial charge in [-0.15, -0.1) is 0 Å². The minimum absolute atomic E-state index is 0.138. The van der Waals surface area contributed by atoms with Crippen LogP contribution in [0.3, 0.4) is 0 Å². The lowest BCUT2D eigenvalue weighted by molar-refractivity contribution is 0.379. The Morgan fingerprint density at radius 1 is 1.47 bits per heavy atom. The quantitative estimate of drug-likeness (QED) is 0.849. The van der Waals surface area contributed by atoms with Crippen molar-refractivity contribution in [3.05, 3.63) is 29.3 Å². The first-order valence-electron chi connectivity index (χ1n) is 5.83. The molecule has 1 heterocycles. The molecule has 0 aliphatic carbocycles. The van der Waals surface area contributed by atoms with Gasteiger partial charge in [0.25, 0.3) is 0 Å². The van der Waals surface area contributed by atoms with Gasteiger partial charge in [-0.3, -0.25) is 0 Å². The molecule has 0 radical (unpaired) electrons. The number of sulfonamides is 1. The van der Waals surface area contributed by atoms with Gasteiger partial charge in [0.1, 0.15) is 0 Å². The van der Waals surface area contributed by atoms with Crippen LogP contribution in [0, 0.1) is 0 Å². The predicted octanol–water partition coefficient (Wildman–Crippen LogP) is 2.90. The van der Waals surface area contributed by atoms with Crippen molar-refractivity contribution >= 4 is 21.6 Å². The van der Waals surface area contributed by atoms with Gasteiger partial charge in [0.15, 0.2) is 0 Å². The van der Waals surface area contributed by atoms with E-state index in [9.17, 15) is 8.42 Å². The van der Waals surface area contributed by atoms with Crippen LogP contribution in [0.5, 0.6) is 0 Å². The van der Waals surface area contributed by atoms with Crippen LogP contribution in [-0.4, -0.2) is 25.3 Å². The van der Waals surface area contributed by atoms with Crippen LogP contribution >= 0.6 is 11.6 Å². The first-order valence-corrected chi connectivity index (χ1v) is 7.65. The Morgan fingerprint density at radius 2 is 2.24 bits per heavy atom. The molecule has 17 heavy (non-hydrogen) atoms. The van der Waals surface area contributed by atoms with Crippen LogP contribution in [0.1, 0.15) is 26.2 Å². The molecule has 1 aliphatic rings. The van der Waals surface area contributed by atoms with Crippen molar-refractivity contribution in [1.82, 2.24) is 4.31 Å². The second-order valence-electron chi connectivity index (χ2n) is 4.28. The maximum absolute atomic E-state index is 12.4. The van der Waals surface area contributed by atoms with E-state index in [0.717, 1.165) is 19.3 Å². The molecule has 1 fully saturated rings. The largest absolute Gasteiger partial charge is 0.243 e. The minimum Gasteiger partial charge on any atom is -0.207 e. The molecule has 94 valence electrons. The Bertz CT molecular complexity index is 501. The molecule has 1 atom stereocenters. The smallest absolute Gasteiger partial charge is 0.207 e. The number of nitrogens with zero attached hydrogens (tertiary/aromatic N) is 1. The first kappa shape index (κ1) is 12.9. The van der Waals surface area contributed by atoms with Crippen molar-refractivity contribution in [2.45, 2.75) is 37.1 Å². The molecule has 1 unspecified atom stereocenters. The topological polar surface area (TPSA) is 37.4 Å². The van der Waals surface area contributed by atoms with E-state index < -0.39 is 10.0 Å². The molecule has 2 rings (SSSR count). The summed E-state index contributed by atoms with van der Waals surface area (Å²) >= 11 is 5.84. The molecule has 1 aromatic carbocycles. The molecule has 0 aromatic heterocycles. The molecule has 0 amide bonds. The fraction of sp³-hybridized carbons (Fsp3) is 0.500. The van der Waals surface area contributed by atoms with E-state index in [1.165, 1.54) is 6.07 Å². The number of rotatable bonds is 3. The summed E-state index contributed by atoms with van der Waals surface area (Å²) in [6.07, 6.45) is 2.76. The number of hydrogen-bond donors (Lipinski definition) is 0. The van der Waals surface area contributed by atoms with Crippen LogP contribution in [-0.2, 0) is 10.0 Å². The highest BCUT2D eigenvalue weighted by Crippen LogP contribution is 2.28. The molecule has 1 aromatic rings. The average Bonchev–Trinajstić information content (AvgIpc) is 2.77. The zero-order valence-corrected chi connectivity index (χ0v) is 11.3. The Balaban J connectivity index is 2.36. The van der Waals surface area contributed by atoms with Gasteiger partial charge in [-0.1, -0.05) is 24.6 Å². The molecule has 0 saturated carbocycles. The third-order valence-corrected chi connectivity index (χ3v) is 5.38. The maximum Gasteiger partial charge on any atom is 0.243 e. The van der Waals surface area contributed by atoms with Gasteiger partial charge >= 0.3 is 0 Å². The monoisotopic (exact) mass is 273 g/mol. The predicted molar refractivity (Wildman–Crippen MR) is 68.7 cm³/mol. The van der Waals surface area contributed by atoms with Crippen molar-refractivity contribution < 1.29 is 8.42 Å². The SMILES string of the molecule is CCC1CCCN1S(=O)(=O)c1cccc(Cl)c1. The first-order chi connectivity index (χ1) is 8.05. The third kappa shape index (κ3) is 2.49. The Hall–Kier alpha value is -0.580. The summed E-state index contributed by atoms with van der Waals surface area (Å²) in [5, 5.41) is 0.457. The Morgan fingerprint density at radius 3 is 2.88 bits per heavy atom. The van der Waals surface area contributed by atoms with Crippen LogP contribution < -0.4 is 0 Å². The standard InChI is InChI=1S/C12H16ClNO2S/c1-2-11-6-4-8-14(11)17(15,16)12-7-3-5-10(13)9-12/h3,5,7,9,11H,2,4,6,8H2,1H3. The van der Waals surface area contributed by atoms with Gasteiger partial charge in [-0.25, -0.2) is 8.42 Å². The molecule has 1 saturated heterocycles. The molecule has 1 aliphatic heterocycles. The second-order valence-corrected chi connectivity index (χ2v) is 6.60. The van der Waals surface area contributed by atoms with Gasteiger partial charge in [-0.2, -0.15) is 4.31 Å². The Labute approximate surface area is 107 Å². The van der Waals surface area contributed by atoms with Crippen LogP contribution in [0.25, 0.3) is 0 Å². The molecular weight excluding hydrogens is 258 g/mol. The summed E-state index contributed by atoms with van der Waals surface area (Å²) in [5.41, 5.74) is 0. The van der Waals surface area contributed by atoms with E-state index in [0.29, 0.717) is 16.5 Å². The van der Waals surface area contributed by atoms with Crippen molar-refractivity contribution in [3.63, 3.8) is 0 Å². The lowest BCUT2D eigenvalue weighted by Gasteiger charge is -2.23. The number of halogens is 1. The molecule has 3 nitrogen and oxygen atoms in total. The van der Waals surface area contributed by atoms with Crippen molar-refractivity contribution in [3.8, 4) is 0 Å². The summed E-state index contributed by atoms with van der Waals surface area (Å²) in [7, 11) is -3.37. The highest BCUT2D eigenvalue weighted by molar-refractivity contribution is 7.89. The maximum atomic E-state index is 12.4. The van der Waals surface area contributed by atoms with Gasteiger partial charge < -0.3 is 0 Å². The van der Waals surface area contributed by atoms with Gasteiger partial charge in [0.05, 0.1) is 4.90 Å². The summed E-state index contributed by atoms with van der Waals surface area (Å²) < 4.78 is 26.5. The zero-order valence-electron chi connectivity index (χ0n) is 9.77. The normalized spacial score (nSPS) is 21.9. The van der Waals surface area contributed by atoms with E-state index in [1.807, 2.05) is 6.92 Å². The molecule has 0 spiro atoms. The van der Waals surface area contributed by atoms with E-state index in [1.54, 1.807) is 22.5 Å². The summed E-state index contributed by atoms with van der Waals surface area (Å²) in [5.74, 6) is 0. The van der Waals surface area contributed by atoms with E-state index in [4.69, 9.17) is 11.6 Å². The Kier molecular flexibility index (Phi) is 3.76. The summed E-state index contributed by atoms with van der Waals surface area (Å²) in [6.45, 7) is 2.64. The van der Waals surface area contributed by atoms with Crippen LogP contribution in [0.15, 0.2) is 29.2 Å². The van der Waals surface area contributed by atoms with E-state index in [2.05, 4.69) is 0 Å². The van der Waals surface area contributed by atoms with Gasteiger partial charge in [-0.05, 0) is 37.5 Å². The van der Waals surface area contributed by atoms with Crippen LogP contribution in [0.2, 0.25) is 5.02 Å². The van der Waals surface area contributed by atoms with E-state index >= 15 is 0 Å². The van der Waals surface area contributed by atoms with Gasteiger partial charge in [0.2, 0.25) is 10.0 Å². The van der Waals surface area contributed by atoms with Crippen LogP contribution in [0.4, 0.5) is 0 Å². The highest BCUT2D eigenvalue weighted by atomic mass is 35.5. The molecule has 0 N–H and O–H groups in total. The molecular formula is C12H16ClNO2S. The fourth-order valence-electron chi connectivity index (χ4n) is 2.30. The molecule has 0 bridgehead atoms. The molecule has 5 heteroatoms. The van der Waals surface area contributed by atoms with Crippen molar-refractivity contribution in [1.29, 1.82) is 0 Å². The van der Waals surface area contributed by atoms with Gasteiger partial charge in [0, 0.05) is 17.6 Å². The fourth-order valence-corrected chi connectivity index (χ4v) is 4.36. The number of hydrogen-bond acceptors (Lipinski definition) is 2. The van der Waals surface area contributed by atoms with E-state index in [-0.39, 0.29) is 6.04 Å². The number of benzene rings is 1. The lowest BCUT2D eigenvalue weighted by Crippen LogP contribution is -2.35. The van der Waals surface area contributed by atoms with Crippen molar-refractivity contribution in [2.75, 3.05) is 6.54 Å². The highest BCUT2D eigenvalue weighted by Gasteiger charge is 2.34. The average molecular weight is 274 g/mol. The van der Waals surface area contributed by atoms with Crippen molar-refractivity contribution in [2.24, 2.45) is 0 Å². The summed E-state index contributed by atoms with van der Waals surface area (Å²) in [6, 6.07) is 6.61.